The summed E-state index contributed by atoms with van der Waals surface area (Å²) >= 11 is 0. The van der Waals surface area contributed by atoms with Crippen molar-refractivity contribution in [3.8, 4) is 17.1 Å². The standard InChI is InChI=1S/C18H16N6O/c1-2-25-17-9-8-16-14(12-20-24(16)23-17)15-10-11-19-18(22-15)21-13-6-4-3-5-7-13/h3-12H,2H2,1H3,(H,19,21,22). The topological polar surface area (TPSA) is 77.2 Å². The van der Waals surface area contributed by atoms with Crippen LogP contribution in [0.15, 0.2) is 60.9 Å². The predicted molar refractivity (Wildman–Crippen MR) is 94.9 cm³/mol. The summed E-state index contributed by atoms with van der Waals surface area (Å²) in [5, 5.41) is 11.8. The van der Waals surface area contributed by atoms with E-state index in [1.54, 1.807) is 17.0 Å². The molecule has 0 saturated carbocycles. The first-order valence-corrected chi connectivity index (χ1v) is 7.97. The molecular formula is C18H16N6O. The van der Waals surface area contributed by atoms with Gasteiger partial charge in [-0.1, -0.05) is 18.2 Å². The smallest absolute Gasteiger partial charge is 0.233 e. The lowest BCUT2D eigenvalue weighted by atomic mass is 10.2. The number of rotatable bonds is 5. The largest absolute Gasteiger partial charge is 0.477 e. The Morgan fingerprint density at radius 3 is 2.80 bits per heavy atom. The molecule has 25 heavy (non-hydrogen) atoms. The highest BCUT2D eigenvalue weighted by Gasteiger charge is 2.11. The number of aromatic nitrogens is 5. The Balaban J connectivity index is 1.68. The van der Waals surface area contributed by atoms with Crippen LogP contribution < -0.4 is 10.1 Å². The van der Waals surface area contributed by atoms with Crippen LogP contribution in [0, 0.1) is 0 Å². The molecular weight excluding hydrogens is 316 g/mol. The zero-order valence-electron chi connectivity index (χ0n) is 13.6. The van der Waals surface area contributed by atoms with Crippen LogP contribution in [0.1, 0.15) is 6.92 Å². The highest BCUT2D eigenvalue weighted by molar-refractivity contribution is 5.77. The Labute approximate surface area is 144 Å². The van der Waals surface area contributed by atoms with Crippen molar-refractivity contribution >= 4 is 17.2 Å². The summed E-state index contributed by atoms with van der Waals surface area (Å²) in [7, 11) is 0. The number of nitrogens with one attached hydrogen (secondary N) is 1. The fourth-order valence-electron chi connectivity index (χ4n) is 2.50. The molecule has 0 saturated heterocycles. The van der Waals surface area contributed by atoms with Crippen molar-refractivity contribution in [2.24, 2.45) is 0 Å². The highest BCUT2D eigenvalue weighted by atomic mass is 16.5. The highest BCUT2D eigenvalue weighted by Crippen LogP contribution is 2.24. The van der Waals surface area contributed by atoms with E-state index in [4.69, 9.17) is 4.74 Å². The zero-order valence-corrected chi connectivity index (χ0v) is 13.6. The van der Waals surface area contributed by atoms with Crippen LogP contribution in [-0.2, 0) is 0 Å². The zero-order chi connectivity index (χ0) is 17.1. The monoisotopic (exact) mass is 332 g/mol. The third kappa shape index (κ3) is 3.12. The molecule has 0 atom stereocenters. The molecule has 3 heterocycles. The molecule has 124 valence electrons. The fraction of sp³-hybridized carbons (Fsp3) is 0.111. The van der Waals surface area contributed by atoms with Gasteiger partial charge >= 0.3 is 0 Å². The van der Waals surface area contributed by atoms with Gasteiger partial charge in [-0.15, -0.1) is 9.73 Å². The average molecular weight is 332 g/mol. The van der Waals surface area contributed by atoms with Crippen molar-refractivity contribution in [2.75, 3.05) is 11.9 Å². The van der Waals surface area contributed by atoms with Gasteiger partial charge in [0.05, 0.1) is 24.0 Å². The first-order chi connectivity index (χ1) is 12.3. The van der Waals surface area contributed by atoms with Crippen molar-refractivity contribution in [2.45, 2.75) is 6.92 Å². The average Bonchev–Trinajstić information content (AvgIpc) is 3.06. The van der Waals surface area contributed by atoms with E-state index >= 15 is 0 Å². The summed E-state index contributed by atoms with van der Waals surface area (Å²) in [5.74, 6) is 1.07. The number of anilines is 2. The van der Waals surface area contributed by atoms with Crippen LogP contribution in [-0.4, -0.2) is 31.4 Å². The van der Waals surface area contributed by atoms with E-state index in [-0.39, 0.29) is 0 Å². The Kier molecular flexibility index (Phi) is 3.96. The second-order valence-corrected chi connectivity index (χ2v) is 5.29. The molecule has 4 aromatic rings. The van der Waals surface area contributed by atoms with Crippen LogP contribution >= 0.6 is 0 Å². The van der Waals surface area contributed by atoms with Gasteiger partial charge in [-0.25, -0.2) is 9.97 Å². The molecule has 0 aliphatic carbocycles. The Bertz CT molecular complexity index is 999. The summed E-state index contributed by atoms with van der Waals surface area (Å²) in [4.78, 5) is 8.86. The molecule has 1 N–H and O–H groups in total. The minimum absolute atomic E-state index is 0.530. The molecule has 7 nitrogen and oxygen atoms in total. The molecule has 0 radical (unpaired) electrons. The summed E-state index contributed by atoms with van der Waals surface area (Å²) in [6.07, 6.45) is 3.46. The third-order valence-electron chi connectivity index (χ3n) is 3.62. The molecule has 7 heteroatoms. The van der Waals surface area contributed by atoms with Crippen molar-refractivity contribution in [1.29, 1.82) is 0 Å². The van der Waals surface area contributed by atoms with E-state index in [2.05, 4.69) is 25.5 Å². The van der Waals surface area contributed by atoms with Gasteiger partial charge in [-0.2, -0.15) is 5.10 Å². The summed E-state index contributed by atoms with van der Waals surface area (Å²) in [6.45, 7) is 2.48. The number of fused-ring (bicyclic) bond motifs is 1. The minimum Gasteiger partial charge on any atom is -0.477 e. The van der Waals surface area contributed by atoms with Crippen LogP contribution in [0.5, 0.6) is 5.88 Å². The molecule has 0 unspecified atom stereocenters. The van der Waals surface area contributed by atoms with Gasteiger partial charge in [0, 0.05) is 23.5 Å². The molecule has 0 spiro atoms. The van der Waals surface area contributed by atoms with Crippen molar-refractivity contribution in [3.63, 3.8) is 0 Å². The first-order valence-electron chi connectivity index (χ1n) is 7.97. The van der Waals surface area contributed by atoms with Gasteiger partial charge in [0.15, 0.2) is 0 Å². The number of ether oxygens (including phenoxy) is 1. The number of nitrogens with zero attached hydrogens (tertiary/aromatic N) is 5. The normalized spacial score (nSPS) is 10.8. The van der Waals surface area contributed by atoms with E-state index in [0.717, 1.165) is 22.5 Å². The van der Waals surface area contributed by atoms with Gasteiger partial charge in [0.1, 0.15) is 0 Å². The fourth-order valence-corrected chi connectivity index (χ4v) is 2.50. The van der Waals surface area contributed by atoms with Crippen molar-refractivity contribution in [3.05, 3.63) is 60.9 Å². The van der Waals surface area contributed by atoms with E-state index in [9.17, 15) is 0 Å². The van der Waals surface area contributed by atoms with Gasteiger partial charge in [0.25, 0.3) is 0 Å². The molecule has 0 amide bonds. The van der Waals surface area contributed by atoms with Crippen LogP contribution in [0.2, 0.25) is 0 Å². The van der Waals surface area contributed by atoms with Gasteiger partial charge < -0.3 is 10.1 Å². The quantitative estimate of drug-likeness (QED) is 0.604. The lowest BCUT2D eigenvalue weighted by Gasteiger charge is -2.06. The predicted octanol–water partition coefficient (Wildman–Crippen LogP) is 3.33. The van der Waals surface area contributed by atoms with Gasteiger partial charge in [-0.3, -0.25) is 0 Å². The van der Waals surface area contributed by atoms with Crippen LogP contribution in [0.4, 0.5) is 11.6 Å². The second-order valence-electron chi connectivity index (χ2n) is 5.29. The van der Waals surface area contributed by atoms with Crippen LogP contribution in [0.25, 0.3) is 16.8 Å². The van der Waals surface area contributed by atoms with Crippen LogP contribution in [0.3, 0.4) is 0 Å². The molecule has 0 fully saturated rings. The van der Waals surface area contributed by atoms with Crippen molar-refractivity contribution in [1.82, 2.24) is 24.8 Å². The molecule has 1 aromatic carbocycles. The summed E-state index contributed by atoms with van der Waals surface area (Å²) in [6, 6.07) is 15.4. The molecule has 0 aliphatic rings. The Morgan fingerprint density at radius 1 is 1.08 bits per heavy atom. The van der Waals surface area contributed by atoms with E-state index in [1.165, 1.54) is 0 Å². The summed E-state index contributed by atoms with van der Waals surface area (Å²) in [5.41, 5.74) is 3.44. The minimum atomic E-state index is 0.530. The maximum absolute atomic E-state index is 5.41. The Morgan fingerprint density at radius 2 is 1.96 bits per heavy atom. The number of hydrogen-bond donors (Lipinski definition) is 1. The SMILES string of the molecule is CCOc1ccc2c(-c3ccnc(Nc4ccccc4)n3)cnn2n1. The van der Waals surface area contributed by atoms with Gasteiger partial charge in [-0.05, 0) is 31.2 Å². The molecule has 3 aromatic heterocycles. The molecule has 0 aliphatic heterocycles. The Hall–Kier alpha value is -3.48. The van der Waals surface area contributed by atoms with E-state index < -0.39 is 0 Å². The molecule has 0 bridgehead atoms. The maximum atomic E-state index is 5.41. The van der Waals surface area contributed by atoms with Gasteiger partial charge in [0.2, 0.25) is 11.8 Å². The number of hydrogen-bond acceptors (Lipinski definition) is 6. The number of para-hydroxylation sites is 1. The maximum Gasteiger partial charge on any atom is 0.233 e. The third-order valence-corrected chi connectivity index (χ3v) is 3.62. The lowest BCUT2D eigenvalue weighted by molar-refractivity contribution is 0.320. The van der Waals surface area contributed by atoms with E-state index in [1.807, 2.05) is 55.5 Å². The lowest BCUT2D eigenvalue weighted by Crippen LogP contribution is -2.00. The van der Waals surface area contributed by atoms with Crippen molar-refractivity contribution < 1.29 is 4.74 Å². The second kappa shape index (κ2) is 6.56. The molecule has 4 rings (SSSR count). The first kappa shape index (κ1) is 15.1. The number of benzene rings is 1. The van der Waals surface area contributed by atoms with E-state index in [0.29, 0.717) is 18.4 Å². The summed E-state index contributed by atoms with van der Waals surface area (Å²) < 4.78 is 6.96.